The Hall–Kier alpha value is -1.59. The van der Waals surface area contributed by atoms with Crippen LogP contribution in [0.2, 0.25) is 0 Å². The molecule has 23 heavy (non-hydrogen) atoms. The maximum absolute atomic E-state index is 13.0. The summed E-state index contributed by atoms with van der Waals surface area (Å²) in [6.45, 7) is 2.69. The number of amides is 1. The molecule has 2 aliphatic heterocycles. The van der Waals surface area contributed by atoms with Crippen LogP contribution < -0.4 is 20.7 Å². The highest BCUT2D eigenvalue weighted by Gasteiger charge is 2.47. The van der Waals surface area contributed by atoms with Crippen molar-refractivity contribution in [3.05, 3.63) is 28.8 Å². The Morgan fingerprint density at radius 2 is 2.22 bits per heavy atom. The molecule has 0 radical (unpaired) electrons. The largest absolute Gasteiger partial charge is 0.496 e. The van der Waals surface area contributed by atoms with E-state index in [4.69, 9.17) is 4.74 Å². The zero-order valence-electron chi connectivity index (χ0n) is 13.7. The highest BCUT2D eigenvalue weighted by atomic mass is 16.5. The van der Waals surface area contributed by atoms with E-state index < -0.39 is 0 Å². The number of nitrogens with one attached hydrogen (secondary N) is 3. The third-order valence-corrected chi connectivity index (χ3v) is 5.81. The van der Waals surface area contributed by atoms with E-state index in [9.17, 15) is 4.79 Å². The summed E-state index contributed by atoms with van der Waals surface area (Å²) in [6, 6.07) is 4.31. The lowest BCUT2D eigenvalue weighted by atomic mass is 9.90. The van der Waals surface area contributed by atoms with Gasteiger partial charge in [0.15, 0.2) is 0 Å². The summed E-state index contributed by atoms with van der Waals surface area (Å²) in [4.78, 5) is 13.0. The summed E-state index contributed by atoms with van der Waals surface area (Å²) in [6.07, 6.45) is 5.39. The minimum Gasteiger partial charge on any atom is -0.496 e. The van der Waals surface area contributed by atoms with Crippen LogP contribution >= 0.6 is 0 Å². The zero-order chi connectivity index (χ0) is 15.9. The fourth-order valence-corrected chi connectivity index (χ4v) is 4.63. The van der Waals surface area contributed by atoms with Gasteiger partial charge in [-0.3, -0.25) is 4.79 Å². The van der Waals surface area contributed by atoms with Crippen molar-refractivity contribution in [3.63, 3.8) is 0 Å². The van der Waals surface area contributed by atoms with Crippen molar-refractivity contribution in [1.82, 2.24) is 16.0 Å². The van der Waals surface area contributed by atoms with Gasteiger partial charge in [0.2, 0.25) is 0 Å². The number of rotatable bonds is 3. The summed E-state index contributed by atoms with van der Waals surface area (Å²) >= 11 is 0. The van der Waals surface area contributed by atoms with E-state index in [0.717, 1.165) is 61.3 Å². The number of carbonyl (C=O) groups excluding carboxylic acids is 1. The molecule has 2 atom stereocenters. The van der Waals surface area contributed by atoms with E-state index in [0.29, 0.717) is 6.04 Å². The molecule has 0 bridgehead atoms. The minimum absolute atomic E-state index is 0.0309. The predicted molar refractivity (Wildman–Crippen MR) is 88.9 cm³/mol. The van der Waals surface area contributed by atoms with Gasteiger partial charge >= 0.3 is 0 Å². The molecular weight excluding hydrogens is 290 g/mol. The molecule has 2 heterocycles. The third-order valence-electron chi connectivity index (χ3n) is 5.81. The zero-order valence-corrected chi connectivity index (χ0v) is 13.7. The molecule has 2 unspecified atom stereocenters. The monoisotopic (exact) mass is 315 g/mol. The molecule has 1 aliphatic carbocycles. The Bertz CT molecular complexity index is 619. The molecule has 5 nitrogen and oxygen atoms in total. The first kappa shape index (κ1) is 15.0. The van der Waals surface area contributed by atoms with E-state index in [-0.39, 0.29) is 11.4 Å². The van der Waals surface area contributed by atoms with E-state index >= 15 is 0 Å². The maximum Gasteiger partial charge on any atom is 0.252 e. The Morgan fingerprint density at radius 1 is 1.30 bits per heavy atom. The van der Waals surface area contributed by atoms with Crippen molar-refractivity contribution in [1.29, 1.82) is 0 Å². The normalized spacial score (nSPS) is 29.0. The van der Waals surface area contributed by atoms with Gasteiger partial charge in [-0.1, -0.05) is 0 Å². The Balaban J connectivity index is 1.64. The highest BCUT2D eigenvalue weighted by Crippen LogP contribution is 2.37. The van der Waals surface area contributed by atoms with Crippen molar-refractivity contribution < 1.29 is 9.53 Å². The van der Waals surface area contributed by atoms with Gasteiger partial charge in [-0.2, -0.15) is 0 Å². The van der Waals surface area contributed by atoms with Crippen molar-refractivity contribution in [2.24, 2.45) is 0 Å². The van der Waals surface area contributed by atoms with E-state index in [1.807, 2.05) is 12.1 Å². The lowest BCUT2D eigenvalue weighted by molar-refractivity contribution is 0.0896. The van der Waals surface area contributed by atoms with Crippen molar-refractivity contribution >= 4 is 5.91 Å². The molecule has 3 aliphatic rings. The molecule has 2 fully saturated rings. The maximum atomic E-state index is 13.0. The lowest BCUT2D eigenvalue weighted by Crippen LogP contribution is -2.53. The fraction of sp³-hybridized carbons (Fsp3) is 0.611. The van der Waals surface area contributed by atoms with Crippen LogP contribution in [0.3, 0.4) is 0 Å². The van der Waals surface area contributed by atoms with Gasteiger partial charge in [-0.25, -0.2) is 0 Å². The predicted octanol–water partition coefficient (Wildman–Crippen LogP) is 1.36. The molecule has 1 aromatic rings. The molecule has 1 amide bonds. The quantitative estimate of drug-likeness (QED) is 0.788. The van der Waals surface area contributed by atoms with E-state index in [2.05, 4.69) is 16.0 Å². The SMILES string of the molecule is COc1ccc(C(=O)NC23CCCC2NCC3)c2c1CNCC2. The number of carbonyl (C=O) groups is 1. The first-order valence-electron chi connectivity index (χ1n) is 8.69. The van der Waals surface area contributed by atoms with Crippen LogP contribution in [0.25, 0.3) is 0 Å². The number of fused-ring (bicyclic) bond motifs is 2. The second-order valence-corrected chi connectivity index (χ2v) is 6.96. The van der Waals surface area contributed by atoms with Crippen LogP contribution in [0, 0.1) is 0 Å². The minimum atomic E-state index is -0.0309. The van der Waals surface area contributed by atoms with Gasteiger partial charge < -0.3 is 20.7 Å². The van der Waals surface area contributed by atoms with Gasteiger partial charge in [0, 0.05) is 23.7 Å². The Kier molecular flexibility index (Phi) is 3.77. The molecular formula is C18H25N3O2. The highest BCUT2D eigenvalue weighted by molar-refractivity contribution is 5.97. The number of methoxy groups -OCH3 is 1. The standard InChI is InChI=1S/C18H25N3O2/c1-23-15-5-4-13(12-6-9-19-11-14(12)15)17(22)21-18-7-2-3-16(18)20-10-8-18/h4-5,16,19-20H,2-3,6-11H2,1H3,(H,21,22). The van der Waals surface area contributed by atoms with Gasteiger partial charge in [-0.15, -0.1) is 0 Å². The van der Waals surface area contributed by atoms with Crippen LogP contribution in [0.5, 0.6) is 5.75 Å². The van der Waals surface area contributed by atoms with E-state index in [1.54, 1.807) is 7.11 Å². The van der Waals surface area contributed by atoms with Gasteiger partial charge in [-0.05, 0) is 62.9 Å². The molecule has 1 aromatic carbocycles. The van der Waals surface area contributed by atoms with Crippen molar-refractivity contribution in [2.45, 2.75) is 50.2 Å². The van der Waals surface area contributed by atoms with Gasteiger partial charge in [0.05, 0.1) is 12.6 Å². The molecule has 5 heteroatoms. The van der Waals surface area contributed by atoms with Crippen LogP contribution in [0.15, 0.2) is 12.1 Å². The molecule has 0 aromatic heterocycles. The van der Waals surface area contributed by atoms with E-state index in [1.165, 1.54) is 12.8 Å². The van der Waals surface area contributed by atoms with Crippen molar-refractivity contribution in [3.8, 4) is 5.75 Å². The van der Waals surface area contributed by atoms with Crippen LogP contribution in [0.4, 0.5) is 0 Å². The molecule has 124 valence electrons. The number of hydrogen-bond acceptors (Lipinski definition) is 4. The summed E-state index contributed by atoms with van der Waals surface area (Å²) in [5.41, 5.74) is 3.08. The first-order valence-corrected chi connectivity index (χ1v) is 8.69. The molecule has 1 saturated heterocycles. The second kappa shape index (κ2) is 5.80. The Labute approximate surface area is 137 Å². The summed E-state index contributed by atoms with van der Waals surface area (Å²) in [5, 5.41) is 10.3. The number of hydrogen-bond donors (Lipinski definition) is 3. The molecule has 1 saturated carbocycles. The Morgan fingerprint density at radius 3 is 3.09 bits per heavy atom. The molecule has 3 N–H and O–H groups in total. The summed E-state index contributed by atoms with van der Waals surface area (Å²) < 4.78 is 5.47. The van der Waals surface area contributed by atoms with Crippen LogP contribution in [0.1, 0.15) is 47.2 Å². The third kappa shape index (κ3) is 2.42. The molecule has 4 rings (SSSR count). The summed E-state index contributed by atoms with van der Waals surface area (Å²) in [7, 11) is 1.69. The first-order chi connectivity index (χ1) is 11.2. The van der Waals surface area contributed by atoms with Gasteiger partial charge in [0.25, 0.3) is 5.91 Å². The van der Waals surface area contributed by atoms with Gasteiger partial charge in [0.1, 0.15) is 5.75 Å². The average molecular weight is 315 g/mol. The topological polar surface area (TPSA) is 62.4 Å². The van der Waals surface area contributed by atoms with Crippen LogP contribution in [-0.2, 0) is 13.0 Å². The lowest BCUT2D eigenvalue weighted by Gasteiger charge is -2.31. The molecule has 0 spiro atoms. The van der Waals surface area contributed by atoms with Crippen molar-refractivity contribution in [2.75, 3.05) is 20.2 Å². The smallest absolute Gasteiger partial charge is 0.252 e. The second-order valence-electron chi connectivity index (χ2n) is 6.96. The number of ether oxygens (including phenoxy) is 1. The average Bonchev–Trinajstić information content (AvgIpc) is 3.13. The van der Waals surface area contributed by atoms with Crippen LogP contribution in [-0.4, -0.2) is 37.7 Å². The number of benzene rings is 1. The summed E-state index contributed by atoms with van der Waals surface area (Å²) in [5.74, 6) is 0.963. The fourth-order valence-electron chi connectivity index (χ4n) is 4.63.